The average molecular weight is 356 g/mol. The van der Waals surface area contributed by atoms with Gasteiger partial charge in [0.05, 0.1) is 5.69 Å². The zero-order chi connectivity index (χ0) is 18.4. The van der Waals surface area contributed by atoms with E-state index in [-0.39, 0.29) is 11.7 Å². The van der Waals surface area contributed by atoms with Crippen molar-refractivity contribution in [3.8, 4) is 0 Å². The quantitative estimate of drug-likeness (QED) is 0.864. The van der Waals surface area contributed by atoms with Gasteiger partial charge < -0.3 is 10.2 Å². The average Bonchev–Trinajstić information content (AvgIpc) is 2.68. The van der Waals surface area contributed by atoms with Crippen molar-refractivity contribution in [3.63, 3.8) is 0 Å². The SMILES string of the molecule is CNc1nccnc1C[C@@H]1CCCN(C(=O)CCc2ccccc2F)C1. The summed E-state index contributed by atoms with van der Waals surface area (Å²) < 4.78 is 13.7. The largest absolute Gasteiger partial charge is 0.372 e. The fourth-order valence-electron chi connectivity index (χ4n) is 3.56. The molecule has 0 spiro atoms. The van der Waals surface area contributed by atoms with Crippen LogP contribution in [0.2, 0.25) is 0 Å². The summed E-state index contributed by atoms with van der Waals surface area (Å²) in [5, 5.41) is 3.07. The molecule has 2 heterocycles. The van der Waals surface area contributed by atoms with Crippen LogP contribution in [0.25, 0.3) is 0 Å². The van der Waals surface area contributed by atoms with Crippen molar-refractivity contribution in [2.75, 3.05) is 25.5 Å². The van der Waals surface area contributed by atoms with Crippen molar-refractivity contribution < 1.29 is 9.18 Å². The highest BCUT2D eigenvalue weighted by Crippen LogP contribution is 2.23. The molecule has 0 radical (unpaired) electrons. The van der Waals surface area contributed by atoms with Crippen LogP contribution in [0.1, 0.15) is 30.5 Å². The van der Waals surface area contributed by atoms with Gasteiger partial charge in [-0.1, -0.05) is 18.2 Å². The first-order valence-corrected chi connectivity index (χ1v) is 9.16. The number of benzene rings is 1. The molecular weight excluding hydrogens is 331 g/mol. The van der Waals surface area contributed by atoms with Crippen LogP contribution in [-0.2, 0) is 17.6 Å². The van der Waals surface area contributed by atoms with Gasteiger partial charge in [-0.15, -0.1) is 0 Å². The normalized spacial score (nSPS) is 17.2. The van der Waals surface area contributed by atoms with Crippen LogP contribution in [0.4, 0.5) is 10.2 Å². The molecule has 1 aromatic carbocycles. The highest BCUT2D eigenvalue weighted by molar-refractivity contribution is 5.76. The molecule has 1 N–H and O–H groups in total. The first-order valence-electron chi connectivity index (χ1n) is 9.16. The Balaban J connectivity index is 1.56. The molecule has 1 aliphatic rings. The van der Waals surface area contributed by atoms with Crippen LogP contribution >= 0.6 is 0 Å². The molecule has 3 rings (SSSR count). The first-order chi connectivity index (χ1) is 12.7. The van der Waals surface area contributed by atoms with Crippen molar-refractivity contribution >= 4 is 11.7 Å². The second-order valence-electron chi connectivity index (χ2n) is 6.75. The topological polar surface area (TPSA) is 58.1 Å². The van der Waals surface area contributed by atoms with Crippen LogP contribution in [0.3, 0.4) is 0 Å². The lowest BCUT2D eigenvalue weighted by Gasteiger charge is -2.33. The summed E-state index contributed by atoms with van der Waals surface area (Å²) in [6.07, 6.45) is 7.05. The molecular formula is C20H25FN4O. The van der Waals surface area contributed by atoms with E-state index in [0.29, 0.717) is 24.3 Å². The van der Waals surface area contributed by atoms with Gasteiger partial charge in [0.1, 0.15) is 11.6 Å². The van der Waals surface area contributed by atoms with Crippen molar-refractivity contribution in [2.45, 2.75) is 32.1 Å². The Labute approximate surface area is 153 Å². The minimum absolute atomic E-state index is 0.103. The van der Waals surface area contributed by atoms with E-state index in [0.717, 1.165) is 43.9 Å². The molecule has 1 atom stereocenters. The van der Waals surface area contributed by atoms with Crippen LogP contribution < -0.4 is 5.32 Å². The molecule has 2 aromatic rings. The molecule has 0 unspecified atom stereocenters. The molecule has 5 nitrogen and oxygen atoms in total. The van der Waals surface area contributed by atoms with Gasteiger partial charge in [0.2, 0.25) is 5.91 Å². The van der Waals surface area contributed by atoms with E-state index < -0.39 is 0 Å². The summed E-state index contributed by atoms with van der Waals surface area (Å²) in [6.45, 7) is 1.52. The number of nitrogens with zero attached hydrogens (tertiary/aromatic N) is 3. The number of rotatable bonds is 6. The maximum atomic E-state index is 13.7. The van der Waals surface area contributed by atoms with Crippen LogP contribution in [-0.4, -0.2) is 40.9 Å². The minimum atomic E-state index is -0.237. The fourth-order valence-corrected chi connectivity index (χ4v) is 3.56. The monoisotopic (exact) mass is 356 g/mol. The van der Waals surface area contributed by atoms with Crippen molar-refractivity contribution in [3.05, 3.63) is 53.7 Å². The van der Waals surface area contributed by atoms with Gasteiger partial charge in [-0.3, -0.25) is 9.78 Å². The molecule has 1 aliphatic heterocycles. The number of nitrogens with one attached hydrogen (secondary N) is 1. The summed E-state index contributed by atoms with van der Waals surface area (Å²) in [5.41, 5.74) is 1.55. The molecule has 1 fully saturated rings. The molecule has 26 heavy (non-hydrogen) atoms. The number of carbonyl (C=O) groups is 1. The lowest BCUT2D eigenvalue weighted by molar-refractivity contribution is -0.133. The van der Waals surface area contributed by atoms with Gasteiger partial charge in [0.25, 0.3) is 0 Å². The lowest BCUT2D eigenvalue weighted by atomic mass is 9.92. The van der Waals surface area contributed by atoms with Crippen LogP contribution in [0.5, 0.6) is 0 Å². The Morgan fingerprint density at radius 2 is 2.12 bits per heavy atom. The number of likely N-dealkylation sites (tertiary alicyclic amines) is 1. The Morgan fingerprint density at radius 1 is 1.31 bits per heavy atom. The maximum Gasteiger partial charge on any atom is 0.222 e. The fraction of sp³-hybridized carbons (Fsp3) is 0.450. The van der Waals surface area contributed by atoms with Crippen molar-refractivity contribution in [1.29, 1.82) is 0 Å². The predicted molar refractivity (Wildman–Crippen MR) is 99.3 cm³/mol. The first kappa shape index (κ1) is 18.3. The molecule has 0 saturated carbocycles. The van der Waals surface area contributed by atoms with Crippen molar-refractivity contribution in [1.82, 2.24) is 14.9 Å². The molecule has 1 aromatic heterocycles. The summed E-state index contributed by atoms with van der Waals surface area (Å²) >= 11 is 0. The number of halogens is 1. The number of hydrogen-bond donors (Lipinski definition) is 1. The van der Waals surface area contributed by atoms with Gasteiger partial charge in [-0.2, -0.15) is 0 Å². The van der Waals surface area contributed by atoms with Crippen molar-refractivity contribution in [2.24, 2.45) is 5.92 Å². The number of anilines is 1. The smallest absolute Gasteiger partial charge is 0.222 e. The number of piperidine rings is 1. The Bertz CT molecular complexity index is 752. The zero-order valence-corrected chi connectivity index (χ0v) is 15.1. The molecule has 0 bridgehead atoms. The third-order valence-electron chi connectivity index (χ3n) is 4.93. The van der Waals surface area contributed by atoms with E-state index in [1.807, 2.05) is 11.9 Å². The lowest BCUT2D eigenvalue weighted by Crippen LogP contribution is -2.40. The number of hydrogen-bond acceptors (Lipinski definition) is 4. The van der Waals surface area contributed by atoms with E-state index in [4.69, 9.17) is 0 Å². The predicted octanol–water partition coefficient (Wildman–Crippen LogP) is 3.07. The molecule has 1 amide bonds. The summed E-state index contributed by atoms with van der Waals surface area (Å²) in [5.74, 6) is 1.05. The van der Waals surface area contributed by atoms with E-state index in [2.05, 4.69) is 15.3 Å². The van der Waals surface area contributed by atoms with E-state index in [1.54, 1.807) is 30.6 Å². The number of aromatic nitrogens is 2. The van der Waals surface area contributed by atoms with Crippen LogP contribution in [0, 0.1) is 11.7 Å². The van der Waals surface area contributed by atoms with Gasteiger partial charge >= 0.3 is 0 Å². The second kappa shape index (κ2) is 8.74. The number of amides is 1. The Hall–Kier alpha value is -2.50. The highest BCUT2D eigenvalue weighted by Gasteiger charge is 2.25. The minimum Gasteiger partial charge on any atom is -0.372 e. The number of carbonyl (C=O) groups excluding carboxylic acids is 1. The Morgan fingerprint density at radius 3 is 2.92 bits per heavy atom. The molecule has 138 valence electrons. The van der Waals surface area contributed by atoms with Gasteiger partial charge in [-0.25, -0.2) is 9.37 Å². The van der Waals surface area contributed by atoms with E-state index in [9.17, 15) is 9.18 Å². The van der Waals surface area contributed by atoms with Gasteiger partial charge in [0.15, 0.2) is 0 Å². The summed E-state index contributed by atoms with van der Waals surface area (Å²) in [7, 11) is 1.84. The molecule has 1 saturated heterocycles. The summed E-state index contributed by atoms with van der Waals surface area (Å²) in [4.78, 5) is 23.2. The molecule has 0 aliphatic carbocycles. The summed E-state index contributed by atoms with van der Waals surface area (Å²) in [6, 6.07) is 6.66. The number of aryl methyl sites for hydroxylation is 1. The standard InChI is InChI=1S/C20H25FN4O/c1-22-20-18(23-10-11-24-20)13-15-5-4-12-25(14-15)19(26)9-8-16-6-2-3-7-17(16)21/h2-3,6-7,10-11,15H,4-5,8-9,12-14H2,1H3,(H,22,24)/t15-/m0/s1. The van der Waals surface area contributed by atoms with E-state index >= 15 is 0 Å². The van der Waals surface area contributed by atoms with Gasteiger partial charge in [0, 0.05) is 39.0 Å². The van der Waals surface area contributed by atoms with E-state index in [1.165, 1.54) is 6.07 Å². The third-order valence-corrected chi connectivity index (χ3v) is 4.93. The third kappa shape index (κ3) is 4.56. The maximum absolute atomic E-state index is 13.7. The zero-order valence-electron chi connectivity index (χ0n) is 15.1. The highest BCUT2D eigenvalue weighted by atomic mass is 19.1. The van der Waals surface area contributed by atoms with Gasteiger partial charge in [-0.05, 0) is 43.2 Å². The second-order valence-corrected chi connectivity index (χ2v) is 6.75. The molecule has 6 heteroatoms. The Kier molecular flexibility index (Phi) is 6.15. The van der Waals surface area contributed by atoms with Crippen LogP contribution in [0.15, 0.2) is 36.7 Å².